The Morgan fingerprint density at radius 1 is 1.32 bits per heavy atom. The van der Waals surface area contributed by atoms with Crippen LogP contribution in [0.4, 0.5) is 17.6 Å². The van der Waals surface area contributed by atoms with Crippen molar-refractivity contribution < 1.29 is 17.6 Å². The van der Waals surface area contributed by atoms with E-state index in [0.29, 0.717) is 11.8 Å². The van der Waals surface area contributed by atoms with Gasteiger partial charge in [0.2, 0.25) is 0 Å². The second kappa shape index (κ2) is 5.19. The van der Waals surface area contributed by atoms with Crippen molar-refractivity contribution in [2.24, 2.45) is 5.84 Å². The monoisotopic (exact) mass is 292 g/mol. The molecule has 0 fully saturated rings. The number of rotatable bonds is 3. The van der Waals surface area contributed by atoms with Gasteiger partial charge in [-0.15, -0.1) is 5.10 Å². The number of hydrogen-bond donors (Lipinski definition) is 2. The third kappa shape index (κ3) is 2.88. The van der Waals surface area contributed by atoms with Crippen molar-refractivity contribution in [1.82, 2.24) is 15.0 Å². The molecule has 1 unspecified atom stereocenters. The van der Waals surface area contributed by atoms with Gasteiger partial charge in [-0.25, -0.2) is 9.82 Å². The summed E-state index contributed by atoms with van der Waals surface area (Å²) in [7, 11) is 0. The average molecular weight is 292 g/mol. The van der Waals surface area contributed by atoms with Gasteiger partial charge in [-0.05, 0) is 29.2 Å². The molecule has 0 saturated carbocycles. The maximum atomic E-state index is 13.5. The summed E-state index contributed by atoms with van der Waals surface area (Å²) in [5, 5.41) is 5.32. The highest BCUT2D eigenvalue weighted by molar-refractivity contribution is 7.03. The molecule has 0 saturated heterocycles. The molecule has 0 aliphatic rings. The van der Waals surface area contributed by atoms with E-state index in [1.165, 1.54) is 0 Å². The van der Waals surface area contributed by atoms with Crippen molar-refractivity contribution in [2.75, 3.05) is 0 Å². The molecule has 19 heavy (non-hydrogen) atoms. The number of alkyl halides is 3. The van der Waals surface area contributed by atoms with Crippen molar-refractivity contribution in [1.29, 1.82) is 0 Å². The average Bonchev–Trinajstić information content (AvgIpc) is 2.82. The molecule has 102 valence electrons. The zero-order chi connectivity index (χ0) is 14.0. The number of hydrazine groups is 1. The van der Waals surface area contributed by atoms with Crippen LogP contribution in [0.2, 0.25) is 0 Å². The molecule has 0 radical (unpaired) electrons. The zero-order valence-corrected chi connectivity index (χ0v) is 10.1. The second-order valence-corrected chi connectivity index (χ2v) is 4.28. The highest BCUT2D eigenvalue weighted by Gasteiger charge is 2.34. The van der Waals surface area contributed by atoms with Gasteiger partial charge in [0.15, 0.2) is 0 Å². The molecule has 0 spiro atoms. The molecule has 0 bridgehead atoms. The van der Waals surface area contributed by atoms with Crippen LogP contribution in [-0.4, -0.2) is 9.59 Å². The van der Waals surface area contributed by atoms with Gasteiger partial charge in [0.1, 0.15) is 5.82 Å². The molecule has 1 aromatic heterocycles. The summed E-state index contributed by atoms with van der Waals surface area (Å²) in [5.41, 5.74) is 1.69. The Bertz CT molecular complexity index is 555. The molecule has 0 aliphatic heterocycles. The number of nitrogens with one attached hydrogen (secondary N) is 1. The SMILES string of the molecule is NNC(c1ccc(C(F)(F)F)c(F)c1)c1csnn1. The zero-order valence-electron chi connectivity index (χ0n) is 9.28. The standard InChI is InChI=1S/C10H8F4N4S/c11-7-3-5(1-2-6(7)10(12,13)14)9(16-15)8-4-19-18-17-8/h1-4,9,16H,15H2. The lowest BCUT2D eigenvalue weighted by Gasteiger charge is -2.15. The van der Waals surface area contributed by atoms with Gasteiger partial charge < -0.3 is 0 Å². The van der Waals surface area contributed by atoms with Crippen LogP contribution in [0, 0.1) is 5.82 Å². The third-order valence-electron chi connectivity index (χ3n) is 2.47. The van der Waals surface area contributed by atoms with Gasteiger partial charge in [0, 0.05) is 5.38 Å². The first-order valence-electron chi connectivity index (χ1n) is 5.03. The number of halogens is 4. The Hall–Kier alpha value is -1.58. The smallest absolute Gasteiger partial charge is 0.271 e. The summed E-state index contributed by atoms with van der Waals surface area (Å²) in [6.45, 7) is 0. The highest BCUT2D eigenvalue weighted by atomic mass is 32.1. The van der Waals surface area contributed by atoms with Gasteiger partial charge in [-0.1, -0.05) is 10.6 Å². The van der Waals surface area contributed by atoms with Gasteiger partial charge in [-0.3, -0.25) is 5.84 Å². The molecule has 2 rings (SSSR count). The summed E-state index contributed by atoms with van der Waals surface area (Å²) in [4.78, 5) is 0. The van der Waals surface area contributed by atoms with E-state index in [2.05, 4.69) is 15.0 Å². The fourth-order valence-electron chi connectivity index (χ4n) is 1.59. The van der Waals surface area contributed by atoms with E-state index in [1.807, 2.05) is 0 Å². The molecule has 2 aromatic rings. The normalized spacial score (nSPS) is 13.5. The van der Waals surface area contributed by atoms with Crippen LogP contribution in [0.1, 0.15) is 22.9 Å². The Morgan fingerprint density at radius 2 is 2.05 bits per heavy atom. The van der Waals surface area contributed by atoms with Crippen molar-refractivity contribution >= 4 is 11.5 Å². The maximum Gasteiger partial charge on any atom is 0.419 e. The molecule has 9 heteroatoms. The molecule has 0 amide bonds. The summed E-state index contributed by atoms with van der Waals surface area (Å²) < 4.78 is 54.4. The van der Waals surface area contributed by atoms with E-state index >= 15 is 0 Å². The molecular weight excluding hydrogens is 284 g/mol. The molecule has 1 aromatic carbocycles. The molecule has 1 heterocycles. The van der Waals surface area contributed by atoms with E-state index in [1.54, 1.807) is 5.38 Å². The van der Waals surface area contributed by atoms with Crippen molar-refractivity contribution in [2.45, 2.75) is 12.2 Å². The molecule has 3 N–H and O–H groups in total. The van der Waals surface area contributed by atoms with Crippen LogP contribution >= 0.6 is 11.5 Å². The van der Waals surface area contributed by atoms with E-state index in [0.717, 1.165) is 23.7 Å². The largest absolute Gasteiger partial charge is 0.419 e. The lowest BCUT2D eigenvalue weighted by atomic mass is 10.0. The number of hydrogen-bond acceptors (Lipinski definition) is 5. The lowest BCUT2D eigenvalue weighted by molar-refractivity contribution is -0.140. The fourth-order valence-corrected chi connectivity index (χ4v) is 2.07. The van der Waals surface area contributed by atoms with Gasteiger partial charge in [-0.2, -0.15) is 13.2 Å². The number of nitrogens with zero attached hydrogens (tertiary/aromatic N) is 2. The molecule has 0 aliphatic carbocycles. The lowest BCUT2D eigenvalue weighted by Crippen LogP contribution is -2.29. The Labute approximate surface area is 109 Å². The maximum absolute atomic E-state index is 13.5. The van der Waals surface area contributed by atoms with Crippen LogP contribution in [0.15, 0.2) is 23.6 Å². The Kier molecular flexibility index (Phi) is 3.78. The first kappa shape index (κ1) is 13.8. The van der Waals surface area contributed by atoms with Gasteiger partial charge >= 0.3 is 6.18 Å². The summed E-state index contributed by atoms with van der Waals surface area (Å²) in [6, 6.07) is 1.90. The quantitative estimate of drug-likeness (QED) is 0.517. The summed E-state index contributed by atoms with van der Waals surface area (Å²) >= 11 is 1.06. The van der Waals surface area contributed by atoms with E-state index in [-0.39, 0.29) is 5.56 Å². The van der Waals surface area contributed by atoms with Crippen molar-refractivity contribution in [3.8, 4) is 0 Å². The molecule has 1 atom stereocenters. The van der Waals surface area contributed by atoms with Gasteiger partial charge in [0.25, 0.3) is 0 Å². The highest BCUT2D eigenvalue weighted by Crippen LogP contribution is 2.33. The Balaban J connectivity index is 2.39. The van der Waals surface area contributed by atoms with E-state index in [4.69, 9.17) is 5.84 Å². The van der Waals surface area contributed by atoms with Crippen molar-refractivity contribution in [3.05, 3.63) is 46.2 Å². The molecule has 4 nitrogen and oxygen atoms in total. The van der Waals surface area contributed by atoms with Crippen LogP contribution < -0.4 is 11.3 Å². The van der Waals surface area contributed by atoms with Crippen LogP contribution in [0.5, 0.6) is 0 Å². The minimum Gasteiger partial charge on any atom is -0.271 e. The predicted octanol–water partition coefficient (Wildman–Crippen LogP) is 2.25. The minimum atomic E-state index is -4.73. The third-order valence-corrected chi connectivity index (χ3v) is 2.99. The predicted molar refractivity (Wildman–Crippen MR) is 60.5 cm³/mol. The van der Waals surface area contributed by atoms with Crippen molar-refractivity contribution in [3.63, 3.8) is 0 Å². The topological polar surface area (TPSA) is 63.8 Å². The number of benzene rings is 1. The first-order valence-corrected chi connectivity index (χ1v) is 5.87. The fraction of sp³-hybridized carbons (Fsp3) is 0.200. The number of aromatic nitrogens is 2. The summed E-state index contributed by atoms with van der Waals surface area (Å²) in [6.07, 6.45) is -4.73. The van der Waals surface area contributed by atoms with Crippen LogP contribution in [-0.2, 0) is 6.18 Å². The number of nitrogens with two attached hydrogens (primary N) is 1. The van der Waals surface area contributed by atoms with Crippen LogP contribution in [0.3, 0.4) is 0 Å². The minimum absolute atomic E-state index is 0.237. The first-order chi connectivity index (χ1) is 8.93. The van der Waals surface area contributed by atoms with Gasteiger partial charge in [0.05, 0.1) is 17.3 Å². The second-order valence-electron chi connectivity index (χ2n) is 3.67. The Morgan fingerprint density at radius 3 is 2.53 bits per heavy atom. The van der Waals surface area contributed by atoms with E-state index in [9.17, 15) is 17.6 Å². The summed E-state index contributed by atoms with van der Waals surface area (Å²) in [5.74, 6) is 3.96. The molecular formula is C10H8F4N4S. The van der Waals surface area contributed by atoms with E-state index < -0.39 is 23.6 Å². The van der Waals surface area contributed by atoms with Crippen LogP contribution in [0.25, 0.3) is 0 Å².